The van der Waals surface area contributed by atoms with Crippen LogP contribution in [0.25, 0.3) is 0 Å². The maximum atomic E-state index is 13.7. The lowest BCUT2D eigenvalue weighted by molar-refractivity contribution is -0.145. The Hall–Kier alpha value is -1.43. The van der Waals surface area contributed by atoms with Crippen molar-refractivity contribution in [3.05, 3.63) is 28.5 Å². The first-order valence-corrected chi connectivity index (χ1v) is 7.70. The summed E-state index contributed by atoms with van der Waals surface area (Å²) in [5, 5.41) is 11.8. The van der Waals surface area contributed by atoms with Crippen molar-refractivity contribution in [3.63, 3.8) is 0 Å². The Morgan fingerprint density at radius 3 is 2.67 bits per heavy atom. The molecule has 1 saturated carbocycles. The SMILES string of the molecule is CCC1C[C@H](C(=O)Nc2cc(Br)ccc2F)[C@H](C(=O)O)C1. The summed E-state index contributed by atoms with van der Waals surface area (Å²) in [7, 11) is 0. The van der Waals surface area contributed by atoms with Gasteiger partial charge in [-0.15, -0.1) is 0 Å². The summed E-state index contributed by atoms with van der Waals surface area (Å²) in [4.78, 5) is 23.6. The molecular weight excluding hydrogens is 341 g/mol. The molecule has 0 saturated heterocycles. The average molecular weight is 358 g/mol. The molecular formula is C15H17BrFNO3. The maximum Gasteiger partial charge on any atom is 0.307 e. The van der Waals surface area contributed by atoms with Crippen molar-refractivity contribution in [2.24, 2.45) is 17.8 Å². The number of carboxylic acid groups (broad SMARTS) is 1. The largest absolute Gasteiger partial charge is 0.481 e. The van der Waals surface area contributed by atoms with E-state index in [2.05, 4.69) is 21.2 Å². The first kappa shape index (κ1) is 15.9. The fourth-order valence-electron chi connectivity index (χ4n) is 2.86. The van der Waals surface area contributed by atoms with Gasteiger partial charge in [0.1, 0.15) is 5.82 Å². The monoisotopic (exact) mass is 357 g/mol. The Bertz CT molecular complexity index is 564. The van der Waals surface area contributed by atoms with Crippen molar-refractivity contribution in [1.82, 2.24) is 0 Å². The Balaban J connectivity index is 2.15. The molecule has 1 unspecified atom stereocenters. The van der Waals surface area contributed by atoms with E-state index in [0.29, 0.717) is 17.3 Å². The van der Waals surface area contributed by atoms with Gasteiger partial charge in [-0.1, -0.05) is 29.3 Å². The van der Waals surface area contributed by atoms with Crippen LogP contribution in [0.2, 0.25) is 0 Å². The molecule has 4 nitrogen and oxygen atoms in total. The number of halogens is 2. The van der Waals surface area contributed by atoms with Crippen LogP contribution < -0.4 is 5.32 Å². The van der Waals surface area contributed by atoms with Gasteiger partial charge in [-0.05, 0) is 37.0 Å². The minimum Gasteiger partial charge on any atom is -0.481 e. The number of carbonyl (C=O) groups excluding carboxylic acids is 1. The second-order valence-corrected chi connectivity index (χ2v) is 6.33. The van der Waals surface area contributed by atoms with Gasteiger partial charge < -0.3 is 10.4 Å². The van der Waals surface area contributed by atoms with Crippen molar-refractivity contribution in [1.29, 1.82) is 0 Å². The Labute approximate surface area is 130 Å². The second kappa shape index (κ2) is 6.56. The topological polar surface area (TPSA) is 66.4 Å². The van der Waals surface area contributed by atoms with Gasteiger partial charge in [0.25, 0.3) is 0 Å². The van der Waals surface area contributed by atoms with Gasteiger partial charge in [-0.25, -0.2) is 4.39 Å². The molecule has 3 atom stereocenters. The minimum atomic E-state index is -0.958. The molecule has 0 heterocycles. The number of rotatable bonds is 4. The van der Waals surface area contributed by atoms with Crippen molar-refractivity contribution >= 4 is 33.5 Å². The number of carbonyl (C=O) groups is 2. The average Bonchev–Trinajstić information content (AvgIpc) is 2.87. The van der Waals surface area contributed by atoms with E-state index >= 15 is 0 Å². The number of anilines is 1. The van der Waals surface area contributed by atoms with Crippen molar-refractivity contribution in [2.75, 3.05) is 5.32 Å². The Morgan fingerprint density at radius 1 is 1.38 bits per heavy atom. The highest BCUT2D eigenvalue weighted by Gasteiger charge is 2.42. The van der Waals surface area contributed by atoms with Crippen LogP contribution in [-0.2, 0) is 9.59 Å². The van der Waals surface area contributed by atoms with Crippen LogP contribution in [0.1, 0.15) is 26.2 Å². The van der Waals surface area contributed by atoms with Crippen LogP contribution in [0.4, 0.5) is 10.1 Å². The highest BCUT2D eigenvalue weighted by Crippen LogP contribution is 2.39. The Morgan fingerprint density at radius 2 is 2.05 bits per heavy atom. The molecule has 2 N–H and O–H groups in total. The predicted octanol–water partition coefficient (Wildman–Crippen LogP) is 3.66. The van der Waals surface area contributed by atoms with E-state index in [0.717, 1.165) is 6.42 Å². The third-order valence-corrected chi connectivity index (χ3v) is 4.57. The van der Waals surface area contributed by atoms with Gasteiger partial charge in [-0.2, -0.15) is 0 Å². The Kier molecular flexibility index (Phi) is 4.98. The standard InChI is InChI=1S/C15H17BrFNO3/c1-2-8-5-10(11(6-8)15(20)21)14(19)18-13-7-9(16)3-4-12(13)17/h3-4,7-8,10-11H,2,5-6H2,1H3,(H,18,19)(H,20,21)/t8?,10-,11+/m0/s1. The predicted molar refractivity (Wildman–Crippen MR) is 80.4 cm³/mol. The zero-order valence-electron chi connectivity index (χ0n) is 11.6. The van der Waals surface area contributed by atoms with E-state index in [1.54, 1.807) is 0 Å². The quantitative estimate of drug-likeness (QED) is 0.863. The van der Waals surface area contributed by atoms with Gasteiger partial charge in [0.05, 0.1) is 17.5 Å². The summed E-state index contributed by atoms with van der Waals surface area (Å²) in [5.41, 5.74) is 0.0680. The number of amides is 1. The fourth-order valence-corrected chi connectivity index (χ4v) is 3.22. The summed E-state index contributed by atoms with van der Waals surface area (Å²) < 4.78 is 14.3. The number of carboxylic acids is 1. The summed E-state index contributed by atoms with van der Waals surface area (Å²) in [6.45, 7) is 1.98. The third-order valence-electron chi connectivity index (χ3n) is 4.08. The van der Waals surface area contributed by atoms with Crippen LogP contribution >= 0.6 is 15.9 Å². The van der Waals surface area contributed by atoms with Gasteiger partial charge in [0.15, 0.2) is 0 Å². The zero-order valence-corrected chi connectivity index (χ0v) is 13.2. The molecule has 1 aliphatic rings. The number of nitrogens with one attached hydrogen (secondary N) is 1. The highest BCUT2D eigenvalue weighted by atomic mass is 79.9. The molecule has 0 bridgehead atoms. The number of hydrogen-bond donors (Lipinski definition) is 2. The molecule has 6 heteroatoms. The zero-order chi connectivity index (χ0) is 15.6. The van der Waals surface area contributed by atoms with Crippen LogP contribution in [0.15, 0.2) is 22.7 Å². The number of benzene rings is 1. The summed E-state index contributed by atoms with van der Waals surface area (Å²) >= 11 is 3.21. The molecule has 1 amide bonds. The third kappa shape index (κ3) is 3.61. The maximum absolute atomic E-state index is 13.7. The van der Waals surface area contributed by atoms with E-state index in [1.165, 1.54) is 18.2 Å². The number of aliphatic carboxylic acids is 1. The van der Waals surface area contributed by atoms with Crippen LogP contribution in [0, 0.1) is 23.6 Å². The lowest BCUT2D eigenvalue weighted by Crippen LogP contribution is -2.30. The fraction of sp³-hybridized carbons (Fsp3) is 0.467. The van der Waals surface area contributed by atoms with Crippen molar-refractivity contribution in [3.8, 4) is 0 Å². The van der Waals surface area contributed by atoms with Crippen molar-refractivity contribution < 1.29 is 19.1 Å². The van der Waals surface area contributed by atoms with E-state index in [1.807, 2.05) is 6.92 Å². The summed E-state index contributed by atoms with van der Waals surface area (Å²) in [6.07, 6.45) is 1.89. The lowest BCUT2D eigenvalue weighted by atomic mass is 9.95. The second-order valence-electron chi connectivity index (χ2n) is 5.41. The van der Waals surface area contributed by atoms with Crippen LogP contribution in [-0.4, -0.2) is 17.0 Å². The van der Waals surface area contributed by atoms with Crippen LogP contribution in [0.3, 0.4) is 0 Å². The molecule has 1 aliphatic carbocycles. The molecule has 114 valence electrons. The molecule has 0 radical (unpaired) electrons. The van der Waals surface area contributed by atoms with E-state index in [9.17, 15) is 19.1 Å². The van der Waals surface area contributed by atoms with Gasteiger partial charge in [-0.3, -0.25) is 9.59 Å². The smallest absolute Gasteiger partial charge is 0.307 e. The molecule has 1 fully saturated rings. The number of hydrogen-bond acceptors (Lipinski definition) is 2. The molecule has 0 aliphatic heterocycles. The molecule has 1 aromatic rings. The van der Waals surface area contributed by atoms with E-state index in [-0.39, 0.29) is 11.6 Å². The summed E-state index contributed by atoms with van der Waals surface area (Å²) in [5.74, 6) is -2.98. The van der Waals surface area contributed by atoms with Crippen LogP contribution in [0.5, 0.6) is 0 Å². The minimum absolute atomic E-state index is 0.0680. The first-order chi connectivity index (χ1) is 9.92. The van der Waals surface area contributed by atoms with Gasteiger partial charge >= 0.3 is 5.97 Å². The molecule has 1 aromatic carbocycles. The van der Waals surface area contributed by atoms with Crippen molar-refractivity contribution in [2.45, 2.75) is 26.2 Å². The van der Waals surface area contributed by atoms with Gasteiger partial charge in [0, 0.05) is 4.47 Å². The highest BCUT2D eigenvalue weighted by molar-refractivity contribution is 9.10. The normalized spacial score (nSPS) is 24.8. The molecule has 2 rings (SSSR count). The molecule has 0 spiro atoms. The van der Waals surface area contributed by atoms with E-state index < -0.39 is 29.5 Å². The first-order valence-electron chi connectivity index (χ1n) is 6.91. The van der Waals surface area contributed by atoms with Gasteiger partial charge in [0.2, 0.25) is 5.91 Å². The summed E-state index contributed by atoms with van der Waals surface area (Å²) in [6, 6.07) is 4.25. The van der Waals surface area contributed by atoms with E-state index in [4.69, 9.17) is 0 Å². The molecule has 0 aromatic heterocycles. The lowest BCUT2D eigenvalue weighted by Gasteiger charge is -2.16. The molecule has 21 heavy (non-hydrogen) atoms.